The highest BCUT2D eigenvalue weighted by Gasteiger charge is 2.22. The van der Waals surface area contributed by atoms with Crippen molar-refractivity contribution >= 4 is 28.7 Å². The van der Waals surface area contributed by atoms with E-state index in [2.05, 4.69) is 15.4 Å². The van der Waals surface area contributed by atoms with Gasteiger partial charge >= 0.3 is 5.97 Å². The summed E-state index contributed by atoms with van der Waals surface area (Å²) in [4.78, 5) is 41.3. The Labute approximate surface area is 176 Å². The first kappa shape index (κ1) is 20.1. The van der Waals surface area contributed by atoms with Crippen LogP contribution in [0.1, 0.15) is 33.5 Å². The molecule has 0 saturated heterocycles. The van der Waals surface area contributed by atoms with Crippen LogP contribution >= 0.6 is 0 Å². The molecule has 4 aromatic rings. The summed E-state index contributed by atoms with van der Waals surface area (Å²) in [5.41, 5.74) is 1.16. The van der Waals surface area contributed by atoms with E-state index in [1.54, 1.807) is 57.4 Å². The number of hydrogen-bond donors (Lipinski definition) is 1. The minimum atomic E-state index is -0.511. The third kappa shape index (κ3) is 3.70. The third-order valence-corrected chi connectivity index (χ3v) is 4.62. The zero-order valence-electron chi connectivity index (χ0n) is 17.1. The summed E-state index contributed by atoms with van der Waals surface area (Å²) >= 11 is 0. The molecule has 158 valence electrons. The molecule has 0 saturated carbocycles. The second-order valence-corrected chi connectivity index (χ2v) is 6.74. The first-order valence-corrected chi connectivity index (χ1v) is 9.48. The molecule has 0 atom stereocenters. The molecule has 1 aromatic carbocycles. The van der Waals surface area contributed by atoms with Crippen LogP contribution in [-0.2, 0) is 11.8 Å². The molecular formula is C21H19N5O5. The second kappa shape index (κ2) is 7.90. The van der Waals surface area contributed by atoms with Crippen molar-refractivity contribution < 1.29 is 18.7 Å². The largest absolute Gasteiger partial charge is 0.461 e. The Bertz CT molecular complexity index is 1360. The summed E-state index contributed by atoms with van der Waals surface area (Å²) in [5, 5.41) is 7.11. The van der Waals surface area contributed by atoms with Gasteiger partial charge in [-0.1, -0.05) is 6.07 Å². The number of amides is 1. The summed E-state index contributed by atoms with van der Waals surface area (Å²) in [6, 6.07) is 8.44. The van der Waals surface area contributed by atoms with Gasteiger partial charge in [-0.05, 0) is 38.1 Å². The van der Waals surface area contributed by atoms with E-state index in [9.17, 15) is 14.4 Å². The lowest BCUT2D eigenvalue weighted by Crippen LogP contribution is -2.20. The quantitative estimate of drug-likeness (QED) is 0.491. The van der Waals surface area contributed by atoms with E-state index in [0.717, 1.165) is 0 Å². The van der Waals surface area contributed by atoms with E-state index in [1.807, 2.05) is 0 Å². The lowest BCUT2D eigenvalue weighted by atomic mass is 10.1. The van der Waals surface area contributed by atoms with E-state index in [0.29, 0.717) is 17.1 Å². The van der Waals surface area contributed by atoms with Crippen LogP contribution in [0.4, 0.5) is 5.69 Å². The lowest BCUT2D eigenvalue weighted by molar-refractivity contribution is 0.0519. The number of rotatable bonds is 5. The van der Waals surface area contributed by atoms with Gasteiger partial charge < -0.3 is 19.0 Å². The average molecular weight is 421 g/mol. The first-order valence-electron chi connectivity index (χ1n) is 9.48. The molecule has 31 heavy (non-hydrogen) atoms. The Morgan fingerprint density at radius 1 is 1.26 bits per heavy atom. The number of esters is 1. The number of anilines is 1. The van der Waals surface area contributed by atoms with Gasteiger partial charge in [0.15, 0.2) is 5.69 Å². The molecule has 0 fully saturated rings. The monoisotopic (exact) mass is 421 g/mol. The van der Waals surface area contributed by atoms with Crippen LogP contribution in [0.15, 0.2) is 52.1 Å². The number of aromatic nitrogens is 4. The second-order valence-electron chi connectivity index (χ2n) is 6.74. The molecule has 0 bridgehead atoms. The zero-order chi connectivity index (χ0) is 22.1. The van der Waals surface area contributed by atoms with Crippen molar-refractivity contribution in [3.8, 4) is 5.69 Å². The molecule has 1 N–H and O–H groups in total. The highest BCUT2D eigenvalue weighted by molar-refractivity contribution is 6.12. The van der Waals surface area contributed by atoms with Gasteiger partial charge in [-0.2, -0.15) is 5.10 Å². The lowest BCUT2D eigenvalue weighted by Gasteiger charge is -2.08. The van der Waals surface area contributed by atoms with Crippen LogP contribution in [0.25, 0.3) is 16.8 Å². The van der Waals surface area contributed by atoms with Crippen molar-refractivity contribution in [1.82, 2.24) is 19.3 Å². The number of benzene rings is 1. The maximum atomic E-state index is 13.0. The van der Waals surface area contributed by atoms with E-state index in [-0.39, 0.29) is 34.5 Å². The molecule has 0 aliphatic carbocycles. The smallest absolute Gasteiger partial charge is 0.358 e. The molecule has 0 radical (unpaired) electrons. The number of hydrogen-bond acceptors (Lipinski definition) is 7. The van der Waals surface area contributed by atoms with Gasteiger partial charge in [0, 0.05) is 18.9 Å². The summed E-state index contributed by atoms with van der Waals surface area (Å²) in [7, 11) is 1.55. The average Bonchev–Trinajstić information content (AvgIpc) is 3.36. The topological polar surface area (TPSA) is 121 Å². The normalized spacial score (nSPS) is 10.9. The first-order chi connectivity index (χ1) is 14.9. The standard InChI is InChI=1S/C21H19N5O5/c1-4-30-21(29)15-8-9-26(24-15)14-7-5-6-13(10-14)23-18(27)16-12(2)31-19-17(16)20(28)25(3)11-22-19/h5-11H,4H2,1-3H3,(H,23,27). The van der Waals surface area contributed by atoms with Crippen molar-refractivity contribution in [2.45, 2.75) is 13.8 Å². The van der Waals surface area contributed by atoms with E-state index in [4.69, 9.17) is 9.15 Å². The van der Waals surface area contributed by atoms with E-state index >= 15 is 0 Å². The molecule has 3 aromatic heterocycles. The van der Waals surface area contributed by atoms with Crippen molar-refractivity contribution in [3.05, 3.63) is 70.2 Å². The molecule has 3 heterocycles. The number of carbonyl (C=O) groups excluding carboxylic acids is 2. The molecule has 0 aliphatic rings. The Morgan fingerprint density at radius 2 is 2.06 bits per heavy atom. The van der Waals surface area contributed by atoms with Crippen molar-refractivity contribution in [2.24, 2.45) is 7.05 Å². The molecular weight excluding hydrogens is 402 g/mol. The molecule has 0 aliphatic heterocycles. The van der Waals surface area contributed by atoms with E-state index in [1.165, 1.54) is 15.6 Å². The Morgan fingerprint density at radius 3 is 2.84 bits per heavy atom. The van der Waals surface area contributed by atoms with Crippen molar-refractivity contribution in [1.29, 1.82) is 0 Å². The SMILES string of the molecule is CCOC(=O)c1ccn(-c2cccc(NC(=O)c3c(C)oc4ncn(C)c(=O)c34)c2)n1. The van der Waals surface area contributed by atoms with Crippen molar-refractivity contribution in [3.63, 3.8) is 0 Å². The molecule has 0 unspecified atom stereocenters. The molecule has 1 amide bonds. The number of ether oxygens (including phenoxy) is 1. The minimum Gasteiger partial charge on any atom is -0.461 e. The Kier molecular flexibility index (Phi) is 5.12. The molecule has 0 spiro atoms. The highest BCUT2D eigenvalue weighted by Crippen LogP contribution is 2.23. The fourth-order valence-corrected chi connectivity index (χ4v) is 3.16. The maximum absolute atomic E-state index is 13.0. The van der Waals surface area contributed by atoms with Crippen LogP contribution < -0.4 is 10.9 Å². The van der Waals surface area contributed by atoms with Gasteiger partial charge in [0.05, 0.1) is 17.9 Å². The van der Waals surface area contributed by atoms with Crippen LogP contribution in [0, 0.1) is 6.92 Å². The van der Waals surface area contributed by atoms with Crippen LogP contribution in [0.2, 0.25) is 0 Å². The third-order valence-electron chi connectivity index (χ3n) is 4.62. The van der Waals surface area contributed by atoms with Gasteiger partial charge in [-0.25, -0.2) is 14.5 Å². The Hall–Kier alpha value is -4.21. The van der Waals surface area contributed by atoms with Crippen LogP contribution in [-0.4, -0.2) is 37.8 Å². The van der Waals surface area contributed by atoms with Gasteiger partial charge in [-0.15, -0.1) is 0 Å². The van der Waals surface area contributed by atoms with E-state index < -0.39 is 11.9 Å². The minimum absolute atomic E-state index is 0.113. The summed E-state index contributed by atoms with van der Waals surface area (Å²) in [5.74, 6) is -0.708. The molecule has 4 rings (SSSR count). The fourth-order valence-electron chi connectivity index (χ4n) is 3.16. The predicted molar refractivity (Wildman–Crippen MR) is 111 cm³/mol. The number of aryl methyl sites for hydroxylation is 2. The molecule has 10 heteroatoms. The maximum Gasteiger partial charge on any atom is 0.358 e. The van der Waals surface area contributed by atoms with Crippen LogP contribution in [0.3, 0.4) is 0 Å². The van der Waals surface area contributed by atoms with Gasteiger partial charge in [0.2, 0.25) is 5.71 Å². The Balaban J connectivity index is 1.63. The molecule has 10 nitrogen and oxygen atoms in total. The number of fused-ring (bicyclic) bond motifs is 1. The predicted octanol–water partition coefficient (Wildman–Crippen LogP) is 2.45. The van der Waals surface area contributed by atoms with Crippen LogP contribution in [0.5, 0.6) is 0 Å². The fraction of sp³-hybridized carbons (Fsp3) is 0.190. The van der Waals surface area contributed by atoms with Gasteiger partial charge in [0.25, 0.3) is 11.5 Å². The summed E-state index contributed by atoms with van der Waals surface area (Å²) < 4.78 is 13.2. The van der Waals surface area contributed by atoms with Crippen molar-refractivity contribution in [2.75, 3.05) is 11.9 Å². The number of nitrogens with one attached hydrogen (secondary N) is 1. The summed E-state index contributed by atoms with van der Waals surface area (Å²) in [6.45, 7) is 3.58. The number of nitrogens with zero attached hydrogens (tertiary/aromatic N) is 4. The number of carbonyl (C=O) groups is 2. The number of furan rings is 1. The highest BCUT2D eigenvalue weighted by atomic mass is 16.5. The zero-order valence-corrected chi connectivity index (χ0v) is 17.1. The van der Waals surface area contributed by atoms with Gasteiger partial charge in [-0.3, -0.25) is 9.59 Å². The summed E-state index contributed by atoms with van der Waals surface area (Å²) in [6.07, 6.45) is 2.96. The van der Waals surface area contributed by atoms with Gasteiger partial charge in [0.1, 0.15) is 17.5 Å².